The van der Waals surface area contributed by atoms with Gasteiger partial charge >= 0.3 is 0 Å². The zero-order chi connectivity index (χ0) is 22.6. The van der Waals surface area contributed by atoms with E-state index in [2.05, 4.69) is 30.9 Å². The lowest BCUT2D eigenvalue weighted by Gasteiger charge is -2.08. The van der Waals surface area contributed by atoms with Gasteiger partial charge in [0.2, 0.25) is 18.5 Å². The molecule has 0 saturated heterocycles. The first-order valence-electron chi connectivity index (χ1n) is 10.3. The summed E-state index contributed by atoms with van der Waals surface area (Å²) in [4.78, 5) is 13.9. The molecule has 33 heavy (non-hydrogen) atoms. The van der Waals surface area contributed by atoms with E-state index in [0.717, 1.165) is 5.56 Å². The van der Waals surface area contributed by atoms with E-state index in [1.165, 1.54) is 16.6 Å². The highest BCUT2D eigenvalue weighted by atomic mass is 32.2. The smallest absolute Gasteiger partial charge is 0.234 e. The molecular weight excluding hydrogens is 444 g/mol. The predicted octanol–water partition coefficient (Wildman–Crippen LogP) is 2.46. The van der Waals surface area contributed by atoms with Crippen molar-refractivity contribution < 1.29 is 14.3 Å². The van der Waals surface area contributed by atoms with E-state index in [9.17, 15) is 4.79 Å². The Morgan fingerprint density at radius 3 is 2.79 bits per heavy atom. The highest BCUT2D eigenvalue weighted by molar-refractivity contribution is 7.99. The Morgan fingerprint density at radius 2 is 1.94 bits per heavy atom. The Kier molecular flexibility index (Phi) is 5.89. The number of benzene rings is 2. The number of anilines is 1. The van der Waals surface area contributed by atoms with E-state index in [1.54, 1.807) is 18.2 Å². The number of nitrogens with one attached hydrogen (secondary N) is 1. The lowest BCUT2D eigenvalue weighted by molar-refractivity contribution is -0.113. The summed E-state index contributed by atoms with van der Waals surface area (Å²) < 4.78 is 12.6. The number of amides is 1. The van der Waals surface area contributed by atoms with E-state index in [0.29, 0.717) is 47.1 Å². The van der Waals surface area contributed by atoms with Crippen molar-refractivity contribution in [3.05, 3.63) is 54.4 Å². The van der Waals surface area contributed by atoms with Crippen molar-refractivity contribution in [3.8, 4) is 22.9 Å². The molecule has 1 N–H and O–H groups in total. The summed E-state index contributed by atoms with van der Waals surface area (Å²) in [5.41, 5.74) is 1.54. The number of tetrazole rings is 1. The van der Waals surface area contributed by atoms with Crippen LogP contribution < -0.4 is 14.8 Å². The molecule has 11 nitrogen and oxygen atoms in total. The third kappa shape index (κ3) is 4.65. The SMILES string of the molecule is CCn1c(Cn2nnc(-c3ccccc3)n2)nnc1SCC(=O)Nc1ccc2c(c1)OCO2. The maximum atomic E-state index is 12.4. The molecule has 3 heterocycles. The highest BCUT2D eigenvalue weighted by Gasteiger charge is 2.17. The van der Waals surface area contributed by atoms with Crippen molar-refractivity contribution in [2.24, 2.45) is 0 Å². The van der Waals surface area contributed by atoms with Crippen LogP contribution in [-0.4, -0.2) is 53.4 Å². The Morgan fingerprint density at radius 1 is 1.09 bits per heavy atom. The van der Waals surface area contributed by atoms with Gasteiger partial charge in [-0.1, -0.05) is 42.1 Å². The first kappa shape index (κ1) is 20.9. The van der Waals surface area contributed by atoms with Gasteiger partial charge in [0.25, 0.3) is 0 Å². The van der Waals surface area contributed by atoms with E-state index in [4.69, 9.17) is 9.47 Å². The number of rotatable bonds is 8. The van der Waals surface area contributed by atoms with Gasteiger partial charge in [-0.15, -0.1) is 20.4 Å². The van der Waals surface area contributed by atoms with Crippen molar-refractivity contribution in [2.75, 3.05) is 17.9 Å². The van der Waals surface area contributed by atoms with Crippen LogP contribution in [0.15, 0.2) is 53.7 Å². The van der Waals surface area contributed by atoms with Crippen LogP contribution in [-0.2, 0) is 17.9 Å². The van der Waals surface area contributed by atoms with Crippen molar-refractivity contribution in [3.63, 3.8) is 0 Å². The summed E-state index contributed by atoms with van der Waals surface area (Å²) >= 11 is 1.31. The molecule has 0 spiro atoms. The molecule has 5 rings (SSSR count). The fourth-order valence-corrected chi connectivity index (χ4v) is 4.12. The summed E-state index contributed by atoms with van der Waals surface area (Å²) in [6, 6.07) is 14.9. The maximum Gasteiger partial charge on any atom is 0.234 e. The second-order valence-electron chi connectivity index (χ2n) is 7.06. The largest absolute Gasteiger partial charge is 0.454 e. The first-order chi connectivity index (χ1) is 16.2. The van der Waals surface area contributed by atoms with Crippen LogP contribution >= 0.6 is 11.8 Å². The minimum absolute atomic E-state index is 0.156. The highest BCUT2D eigenvalue weighted by Crippen LogP contribution is 2.34. The molecule has 0 radical (unpaired) electrons. The van der Waals surface area contributed by atoms with Crippen LogP contribution in [0, 0.1) is 0 Å². The number of hydrogen-bond donors (Lipinski definition) is 1. The lowest BCUT2D eigenvalue weighted by atomic mass is 10.2. The molecule has 2 aromatic heterocycles. The van der Waals surface area contributed by atoms with E-state index in [1.807, 2.05) is 41.8 Å². The molecule has 1 aliphatic rings. The van der Waals surface area contributed by atoms with Crippen LogP contribution in [0.25, 0.3) is 11.4 Å². The second-order valence-corrected chi connectivity index (χ2v) is 8.00. The van der Waals surface area contributed by atoms with Crippen molar-refractivity contribution in [1.29, 1.82) is 0 Å². The molecule has 1 amide bonds. The molecule has 0 aliphatic carbocycles. The van der Waals surface area contributed by atoms with Gasteiger partial charge in [0, 0.05) is 23.9 Å². The molecule has 0 saturated carbocycles. The van der Waals surface area contributed by atoms with Crippen LogP contribution in [0.2, 0.25) is 0 Å². The molecule has 0 unspecified atom stereocenters. The topological polar surface area (TPSA) is 122 Å². The van der Waals surface area contributed by atoms with E-state index < -0.39 is 0 Å². The average Bonchev–Trinajstić information content (AvgIpc) is 3.58. The minimum atomic E-state index is -0.156. The monoisotopic (exact) mass is 464 g/mol. The summed E-state index contributed by atoms with van der Waals surface area (Å²) in [7, 11) is 0. The zero-order valence-corrected chi connectivity index (χ0v) is 18.5. The van der Waals surface area contributed by atoms with Gasteiger partial charge < -0.3 is 19.4 Å². The van der Waals surface area contributed by atoms with Gasteiger partial charge in [-0.2, -0.15) is 4.80 Å². The normalized spacial score (nSPS) is 12.2. The molecule has 12 heteroatoms. The number of ether oxygens (including phenoxy) is 2. The standard InChI is InChI=1S/C21H20N8O3S/c1-2-28-18(11-29-26-20(24-27-29)14-6-4-3-5-7-14)23-25-21(28)33-12-19(30)22-15-8-9-16-17(10-15)32-13-31-16/h3-10H,2,11-13H2,1H3,(H,22,30). The molecule has 0 fully saturated rings. The minimum Gasteiger partial charge on any atom is -0.454 e. The number of nitrogens with zero attached hydrogens (tertiary/aromatic N) is 7. The van der Waals surface area contributed by atoms with Crippen LogP contribution in [0.1, 0.15) is 12.7 Å². The Hall–Kier alpha value is -3.93. The van der Waals surface area contributed by atoms with Crippen molar-refractivity contribution >= 4 is 23.4 Å². The molecule has 0 bridgehead atoms. The summed E-state index contributed by atoms with van der Waals surface area (Å²) in [5, 5.41) is 24.7. The Balaban J connectivity index is 1.21. The van der Waals surface area contributed by atoms with Gasteiger partial charge in [-0.3, -0.25) is 4.79 Å². The number of carbonyl (C=O) groups excluding carboxylic acids is 1. The summed E-state index contributed by atoms with van der Waals surface area (Å²) in [6.45, 7) is 3.16. The molecule has 0 atom stereocenters. The van der Waals surface area contributed by atoms with Gasteiger partial charge in [0.05, 0.1) is 5.75 Å². The Labute approximate surface area is 193 Å². The number of carbonyl (C=O) groups is 1. The first-order valence-corrected chi connectivity index (χ1v) is 11.3. The molecule has 4 aromatic rings. The third-order valence-corrected chi connectivity index (χ3v) is 5.83. The molecule has 1 aliphatic heterocycles. The van der Waals surface area contributed by atoms with E-state index >= 15 is 0 Å². The van der Waals surface area contributed by atoms with Gasteiger partial charge in [0.1, 0.15) is 6.54 Å². The van der Waals surface area contributed by atoms with Crippen LogP contribution in [0.3, 0.4) is 0 Å². The van der Waals surface area contributed by atoms with Crippen molar-refractivity contribution in [1.82, 2.24) is 35.0 Å². The zero-order valence-electron chi connectivity index (χ0n) is 17.7. The van der Waals surface area contributed by atoms with Gasteiger partial charge in [0.15, 0.2) is 22.5 Å². The number of thioether (sulfide) groups is 1. The summed E-state index contributed by atoms with van der Waals surface area (Å²) in [6.07, 6.45) is 0. The fraction of sp³-hybridized carbons (Fsp3) is 0.238. The fourth-order valence-electron chi connectivity index (χ4n) is 3.30. The second kappa shape index (κ2) is 9.28. The molecule has 2 aromatic carbocycles. The quantitative estimate of drug-likeness (QED) is 0.392. The van der Waals surface area contributed by atoms with Crippen molar-refractivity contribution in [2.45, 2.75) is 25.2 Å². The number of aromatic nitrogens is 7. The number of hydrogen-bond acceptors (Lipinski definition) is 9. The van der Waals surface area contributed by atoms with E-state index in [-0.39, 0.29) is 18.5 Å². The summed E-state index contributed by atoms with van der Waals surface area (Å²) in [5.74, 6) is 2.56. The number of fused-ring (bicyclic) bond motifs is 1. The van der Waals surface area contributed by atoms with Crippen LogP contribution in [0.5, 0.6) is 11.5 Å². The lowest BCUT2D eigenvalue weighted by Crippen LogP contribution is -2.15. The van der Waals surface area contributed by atoms with Gasteiger partial charge in [-0.05, 0) is 24.3 Å². The van der Waals surface area contributed by atoms with Crippen LogP contribution in [0.4, 0.5) is 5.69 Å². The van der Waals surface area contributed by atoms with Gasteiger partial charge in [-0.25, -0.2) is 0 Å². The maximum absolute atomic E-state index is 12.4. The predicted molar refractivity (Wildman–Crippen MR) is 120 cm³/mol. The molecular formula is C21H20N8O3S. The molecule has 168 valence electrons. The Bertz CT molecular complexity index is 1270. The average molecular weight is 465 g/mol. The third-order valence-electron chi connectivity index (χ3n) is 4.87.